The van der Waals surface area contributed by atoms with Gasteiger partial charge in [-0.25, -0.2) is 14.1 Å². The van der Waals surface area contributed by atoms with Gasteiger partial charge in [-0.05, 0) is 61.0 Å². The number of anilines is 1. The van der Waals surface area contributed by atoms with Crippen LogP contribution < -0.4 is 19.7 Å². The first kappa shape index (κ1) is 24.2. The largest absolute Gasteiger partial charge is 0.490 e. The highest BCUT2D eigenvalue weighted by Gasteiger charge is 2.36. The van der Waals surface area contributed by atoms with Crippen molar-refractivity contribution < 1.29 is 28.2 Å². The number of benzene rings is 3. The van der Waals surface area contributed by atoms with Crippen molar-refractivity contribution in [2.45, 2.75) is 13.5 Å². The van der Waals surface area contributed by atoms with Crippen molar-refractivity contribution in [3.63, 3.8) is 0 Å². The summed E-state index contributed by atoms with van der Waals surface area (Å²) >= 11 is 3.31. The Balaban J connectivity index is 1.61. The van der Waals surface area contributed by atoms with Gasteiger partial charge in [0.15, 0.2) is 11.5 Å². The van der Waals surface area contributed by atoms with Gasteiger partial charge in [0, 0.05) is 10.0 Å². The van der Waals surface area contributed by atoms with Gasteiger partial charge in [-0.15, -0.1) is 0 Å². The Labute approximate surface area is 209 Å². The van der Waals surface area contributed by atoms with Crippen molar-refractivity contribution in [3.8, 4) is 11.5 Å². The second kappa shape index (κ2) is 10.5. The number of hydrogen-bond donors (Lipinski definition) is 1. The number of carbonyl (C=O) groups excluding carboxylic acids is 3. The predicted molar refractivity (Wildman–Crippen MR) is 131 cm³/mol. The lowest BCUT2D eigenvalue weighted by molar-refractivity contribution is -0.122. The maximum absolute atomic E-state index is 13.9. The highest BCUT2D eigenvalue weighted by molar-refractivity contribution is 9.10. The van der Waals surface area contributed by atoms with Gasteiger partial charge >= 0.3 is 6.03 Å². The molecule has 0 atom stereocenters. The first-order valence-electron chi connectivity index (χ1n) is 10.7. The lowest BCUT2D eigenvalue weighted by atomic mass is 10.1. The molecule has 0 bridgehead atoms. The van der Waals surface area contributed by atoms with E-state index in [0.717, 1.165) is 9.37 Å². The van der Waals surface area contributed by atoms with Crippen molar-refractivity contribution in [1.29, 1.82) is 0 Å². The van der Waals surface area contributed by atoms with E-state index in [1.165, 1.54) is 12.1 Å². The Morgan fingerprint density at radius 2 is 1.71 bits per heavy atom. The maximum atomic E-state index is 13.9. The van der Waals surface area contributed by atoms with Crippen molar-refractivity contribution >= 4 is 45.5 Å². The van der Waals surface area contributed by atoms with Gasteiger partial charge in [0.25, 0.3) is 11.8 Å². The molecule has 7 nitrogen and oxygen atoms in total. The van der Waals surface area contributed by atoms with Crippen LogP contribution in [0.2, 0.25) is 0 Å². The Kier molecular flexibility index (Phi) is 7.26. The summed E-state index contributed by atoms with van der Waals surface area (Å²) in [5.41, 5.74) is 0.981. The third-order valence-electron chi connectivity index (χ3n) is 5.11. The summed E-state index contributed by atoms with van der Waals surface area (Å²) in [5.74, 6) is -1.19. The molecule has 3 aromatic carbocycles. The molecule has 4 rings (SSSR count). The number of hydrogen-bond acceptors (Lipinski definition) is 5. The Morgan fingerprint density at radius 3 is 2.43 bits per heavy atom. The van der Waals surface area contributed by atoms with Crippen LogP contribution in [-0.2, 0) is 16.2 Å². The zero-order chi connectivity index (χ0) is 24.9. The van der Waals surface area contributed by atoms with Crippen molar-refractivity contribution in [3.05, 3.63) is 93.7 Å². The minimum atomic E-state index is -0.827. The molecule has 0 radical (unpaired) electrons. The summed E-state index contributed by atoms with van der Waals surface area (Å²) in [4.78, 5) is 38.8. The second-order valence-electron chi connectivity index (χ2n) is 7.45. The molecule has 1 aliphatic heterocycles. The fourth-order valence-electron chi connectivity index (χ4n) is 3.42. The molecule has 1 N–H and O–H groups in total. The monoisotopic (exact) mass is 538 g/mol. The minimum Gasteiger partial charge on any atom is -0.490 e. The molecule has 4 amide bonds. The average molecular weight is 539 g/mol. The topological polar surface area (TPSA) is 84.9 Å². The van der Waals surface area contributed by atoms with Gasteiger partial charge in [-0.2, -0.15) is 0 Å². The normalized spacial score (nSPS) is 14.8. The summed E-state index contributed by atoms with van der Waals surface area (Å²) in [7, 11) is 0. The molecule has 0 saturated carbocycles. The van der Waals surface area contributed by atoms with Gasteiger partial charge in [0.05, 0.1) is 12.3 Å². The fourth-order valence-corrected chi connectivity index (χ4v) is 3.69. The fraction of sp³-hybridized carbons (Fsp3) is 0.115. The average Bonchev–Trinajstić information content (AvgIpc) is 2.83. The smallest absolute Gasteiger partial charge is 0.335 e. The van der Waals surface area contributed by atoms with E-state index < -0.39 is 17.8 Å². The van der Waals surface area contributed by atoms with Gasteiger partial charge in [0.2, 0.25) is 0 Å². The summed E-state index contributed by atoms with van der Waals surface area (Å²) in [6, 6.07) is 16.9. The van der Waals surface area contributed by atoms with E-state index in [4.69, 9.17) is 9.47 Å². The zero-order valence-electron chi connectivity index (χ0n) is 18.6. The molecule has 0 spiro atoms. The van der Waals surface area contributed by atoms with Gasteiger partial charge in [0.1, 0.15) is 18.0 Å². The lowest BCUT2D eigenvalue weighted by Crippen LogP contribution is -2.54. The van der Waals surface area contributed by atoms with Crippen LogP contribution in [0.5, 0.6) is 11.5 Å². The number of amides is 4. The summed E-state index contributed by atoms with van der Waals surface area (Å²) in [5, 5.41) is 2.19. The van der Waals surface area contributed by atoms with Crippen molar-refractivity contribution in [1.82, 2.24) is 5.32 Å². The van der Waals surface area contributed by atoms with Gasteiger partial charge in [-0.1, -0.05) is 40.2 Å². The van der Waals surface area contributed by atoms with E-state index in [2.05, 4.69) is 21.2 Å². The third kappa shape index (κ3) is 5.41. The van der Waals surface area contributed by atoms with Crippen LogP contribution >= 0.6 is 15.9 Å². The Bertz CT molecular complexity index is 1320. The predicted octanol–water partition coefficient (Wildman–Crippen LogP) is 5.23. The number of halogens is 2. The molecule has 1 saturated heterocycles. The van der Waals surface area contributed by atoms with Gasteiger partial charge in [-0.3, -0.25) is 14.9 Å². The van der Waals surface area contributed by atoms with E-state index in [0.29, 0.717) is 34.9 Å². The Hall–Kier alpha value is -3.98. The van der Waals surface area contributed by atoms with Crippen LogP contribution in [0.3, 0.4) is 0 Å². The first-order valence-corrected chi connectivity index (χ1v) is 11.5. The van der Waals surface area contributed by atoms with Crippen LogP contribution in [0, 0.1) is 5.82 Å². The molecule has 1 fully saturated rings. The second-order valence-corrected chi connectivity index (χ2v) is 8.37. The number of nitrogens with zero attached hydrogens (tertiary/aromatic N) is 1. The number of barbiturate groups is 1. The number of ether oxygens (including phenoxy) is 2. The number of rotatable bonds is 7. The molecular weight excluding hydrogens is 519 g/mol. The quantitative estimate of drug-likeness (QED) is 0.328. The van der Waals surface area contributed by atoms with E-state index in [1.807, 2.05) is 0 Å². The molecule has 0 aromatic heterocycles. The van der Waals surface area contributed by atoms with Gasteiger partial charge < -0.3 is 9.47 Å². The lowest BCUT2D eigenvalue weighted by Gasteiger charge is -2.26. The molecule has 1 heterocycles. The summed E-state index contributed by atoms with van der Waals surface area (Å²) in [6.07, 6.45) is 1.37. The van der Waals surface area contributed by atoms with E-state index >= 15 is 0 Å². The van der Waals surface area contributed by atoms with Crippen LogP contribution in [0.1, 0.15) is 18.1 Å². The number of urea groups is 1. The standard InChI is InChI=1S/C26H20BrFN2O5/c1-2-34-23-14-16(7-12-22(23)35-15-17-5-3-4-6-21(17)28)13-20-24(31)29-26(33)30(25(20)32)19-10-8-18(27)9-11-19/h3-14H,2,15H2,1H3,(H,29,31,33)/b20-13-. The van der Waals surface area contributed by atoms with Crippen LogP contribution in [0.15, 0.2) is 76.8 Å². The molecule has 178 valence electrons. The minimum absolute atomic E-state index is 0.00165. The van der Waals surface area contributed by atoms with Crippen molar-refractivity contribution in [2.75, 3.05) is 11.5 Å². The summed E-state index contributed by atoms with van der Waals surface area (Å²) in [6.45, 7) is 2.13. The molecule has 0 unspecified atom stereocenters. The third-order valence-corrected chi connectivity index (χ3v) is 5.63. The van der Waals surface area contributed by atoms with E-state index in [9.17, 15) is 18.8 Å². The number of imide groups is 2. The molecule has 35 heavy (non-hydrogen) atoms. The van der Waals surface area contributed by atoms with Crippen molar-refractivity contribution in [2.24, 2.45) is 0 Å². The molecule has 3 aromatic rings. The number of nitrogens with one attached hydrogen (secondary N) is 1. The van der Waals surface area contributed by atoms with E-state index in [-0.39, 0.29) is 18.0 Å². The Morgan fingerprint density at radius 1 is 0.971 bits per heavy atom. The maximum Gasteiger partial charge on any atom is 0.335 e. The van der Waals surface area contributed by atoms with Crippen LogP contribution in [-0.4, -0.2) is 24.5 Å². The summed E-state index contributed by atoms with van der Waals surface area (Å²) < 4.78 is 26.1. The molecule has 1 aliphatic rings. The van der Waals surface area contributed by atoms with E-state index in [1.54, 1.807) is 67.6 Å². The number of carbonyl (C=O) groups is 3. The zero-order valence-corrected chi connectivity index (χ0v) is 20.2. The highest BCUT2D eigenvalue weighted by atomic mass is 79.9. The van der Waals surface area contributed by atoms with Crippen LogP contribution in [0.4, 0.5) is 14.9 Å². The first-order chi connectivity index (χ1) is 16.9. The SMILES string of the molecule is CCOc1cc(/C=C2/C(=O)NC(=O)N(c3ccc(Br)cc3)C2=O)ccc1OCc1ccccc1F. The van der Waals surface area contributed by atoms with Crippen LogP contribution in [0.25, 0.3) is 6.08 Å². The molecule has 9 heteroatoms. The molecular formula is C26H20BrFN2O5. The molecule has 0 aliphatic carbocycles. The highest BCUT2D eigenvalue weighted by Crippen LogP contribution is 2.31.